The van der Waals surface area contributed by atoms with Gasteiger partial charge in [-0.05, 0) is 25.7 Å². The molecule has 0 radical (unpaired) electrons. The minimum absolute atomic E-state index is 0.0385. The van der Waals surface area contributed by atoms with Crippen LogP contribution in [0.25, 0.3) is 0 Å². The van der Waals surface area contributed by atoms with Crippen molar-refractivity contribution < 1.29 is 17.9 Å². The van der Waals surface area contributed by atoms with Crippen LogP contribution in [0.5, 0.6) is 0 Å². The van der Waals surface area contributed by atoms with Crippen LogP contribution in [0.2, 0.25) is 0 Å². The lowest BCUT2D eigenvalue weighted by Crippen LogP contribution is -2.60. The SMILES string of the molecule is CC1(OCC(=O)N2CCCC(CNS(N)(=O)=O)C2)CNC1. The van der Waals surface area contributed by atoms with Crippen LogP contribution in [0.1, 0.15) is 19.8 Å². The molecule has 2 rings (SSSR count). The molecule has 122 valence electrons. The van der Waals surface area contributed by atoms with Gasteiger partial charge in [-0.15, -0.1) is 0 Å². The minimum Gasteiger partial charge on any atom is -0.363 e. The van der Waals surface area contributed by atoms with Crippen molar-refractivity contribution in [2.75, 3.05) is 39.3 Å². The van der Waals surface area contributed by atoms with E-state index < -0.39 is 10.2 Å². The molecular formula is C12H24N4O4S. The molecule has 2 fully saturated rings. The predicted octanol–water partition coefficient (Wildman–Crippen LogP) is -1.60. The largest absolute Gasteiger partial charge is 0.363 e. The summed E-state index contributed by atoms with van der Waals surface area (Å²) < 4.78 is 29.7. The lowest BCUT2D eigenvalue weighted by atomic mass is 9.98. The van der Waals surface area contributed by atoms with E-state index in [2.05, 4.69) is 10.0 Å². The Morgan fingerprint density at radius 2 is 2.24 bits per heavy atom. The molecule has 21 heavy (non-hydrogen) atoms. The fraction of sp³-hybridized carbons (Fsp3) is 0.917. The minimum atomic E-state index is -3.67. The fourth-order valence-electron chi connectivity index (χ4n) is 2.60. The molecule has 0 aromatic rings. The van der Waals surface area contributed by atoms with E-state index in [-0.39, 0.29) is 30.6 Å². The summed E-state index contributed by atoms with van der Waals surface area (Å²) in [5.74, 6) is 0.0606. The van der Waals surface area contributed by atoms with Gasteiger partial charge in [-0.1, -0.05) is 0 Å². The third-order valence-corrected chi connectivity index (χ3v) is 4.56. The van der Waals surface area contributed by atoms with Crippen LogP contribution in [0.15, 0.2) is 0 Å². The molecular weight excluding hydrogens is 296 g/mol. The van der Waals surface area contributed by atoms with Crippen molar-refractivity contribution in [1.29, 1.82) is 0 Å². The molecule has 4 N–H and O–H groups in total. The van der Waals surface area contributed by atoms with Crippen molar-refractivity contribution in [1.82, 2.24) is 14.9 Å². The van der Waals surface area contributed by atoms with Crippen LogP contribution in [-0.2, 0) is 19.7 Å². The number of hydrogen-bond donors (Lipinski definition) is 3. The Morgan fingerprint density at radius 3 is 2.81 bits per heavy atom. The van der Waals surface area contributed by atoms with Gasteiger partial charge in [0.15, 0.2) is 0 Å². The van der Waals surface area contributed by atoms with Crippen LogP contribution >= 0.6 is 0 Å². The summed E-state index contributed by atoms with van der Waals surface area (Å²) in [6.45, 7) is 5.09. The molecule has 1 unspecified atom stereocenters. The Kier molecular flexibility index (Phi) is 5.20. The van der Waals surface area contributed by atoms with Crippen molar-refractivity contribution in [2.45, 2.75) is 25.4 Å². The Hall–Kier alpha value is -0.740. The number of amides is 1. The molecule has 2 aliphatic rings. The van der Waals surface area contributed by atoms with Crippen molar-refractivity contribution in [3.05, 3.63) is 0 Å². The van der Waals surface area contributed by atoms with Crippen molar-refractivity contribution in [2.24, 2.45) is 11.1 Å². The molecule has 8 nitrogen and oxygen atoms in total. The standard InChI is InChI=1S/C12H24N4O4S/c1-12(8-14-9-12)20-7-11(17)16-4-2-3-10(6-16)5-15-21(13,18)19/h10,14-15H,2-9H2,1H3,(H2,13,18,19). The second kappa shape index (κ2) is 6.57. The normalized spacial score (nSPS) is 25.4. The van der Waals surface area contributed by atoms with E-state index in [0.29, 0.717) is 13.1 Å². The van der Waals surface area contributed by atoms with Crippen LogP contribution in [0.3, 0.4) is 0 Å². The molecule has 0 bridgehead atoms. The molecule has 2 saturated heterocycles. The number of carbonyl (C=O) groups is 1. The van der Waals surface area contributed by atoms with Crippen molar-refractivity contribution >= 4 is 16.1 Å². The fourth-order valence-corrected chi connectivity index (χ4v) is 3.07. The Bertz CT molecular complexity index is 478. The van der Waals surface area contributed by atoms with E-state index in [1.165, 1.54) is 0 Å². The third-order valence-electron chi connectivity index (χ3n) is 3.99. The number of piperidine rings is 1. The number of likely N-dealkylation sites (tertiary alicyclic amines) is 1. The van der Waals surface area contributed by atoms with Crippen LogP contribution in [0.4, 0.5) is 0 Å². The first kappa shape index (κ1) is 16.6. The van der Waals surface area contributed by atoms with Gasteiger partial charge >= 0.3 is 0 Å². The van der Waals surface area contributed by atoms with Gasteiger partial charge in [-0.25, -0.2) is 9.86 Å². The van der Waals surface area contributed by atoms with Gasteiger partial charge < -0.3 is 15.0 Å². The van der Waals surface area contributed by atoms with E-state index in [9.17, 15) is 13.2 Å². The number of nitrogens with two attached hydrogens (primary N) is 1. The molecule has 0 saturated carbocycles. The highest BCUT2D eigenvalue weighted by atomic mass is 32.2. The second-order valence-corrected chi connectivity index (χ2v) is 7.46. The Labute approximate surface area is 125 Å². The Morgan fingerprint density at radius 1 is 1.52 bits per heavy atom. The van der Waals surface area contributed by atoms with E-state index in [4.69, 9.17) is 9.88 Å². The van der Waals surface area contributed by atoms with Gasteiger partial charge in [0.05, 0.1) is 5.60 Å². The summed E-state index contributed by atoms with van der Waals surface area (Å²) in [5, 5.41) is 8.04. The summed E-state index contributed by atoms with van der Waals surface area (Å²) in [6.07, 6.45) is 1.75. The molecule has 2 aliphatic heterocycles. The first-order valence-corrected chi connectivity index (χ1v) is 8.72. The predicted molar refractivity (Wildman–Crippen MR) is 77.6 cm³/mol. The van der Waals surface area contributed by atoms with Gasteiger partial charge in [0.2, 0.25) is 5.91 Å². The van der Waals surface area contributed by atoms with E-state index in [1.54, 1.807) is 4.90 Å². The number of nitrogens with one attached hydrogen (secondary N) is 2. The summed E-state index contributed by atoms with van der Waals surface area (Å²) in [7, 11) is -3.67. The summed E-state index contributed by atoms with van der Waals surface area (Å²) in [5.41, 5.74) is -0.236. The molecule has 9 heteroatoms. The van der Waals surface area contributed by atoms with Gasteiger partial charge in [-0.3, -0.25) is 4.79 Å². The monoisotopic (exact) mass is 320 g/mol. The topological polar surface area (TPSA) is 114 Å². The van der Waals surface area contributed by atoms with Crippen LogP contribution in [0, 0.1) is 5.92 Å². The molecule has 0 spiro atoms. The molecule has 2 heterocycles. The highest BCUT2D eigenvalue weighted by Gasteiger charge is 2.34. The maximum atomic E-state index is 12.1. The quantitative estimate of drug-likeness (QED) is 0.545. The first-order valence-electron chi connectivity index (χ1n) is 7.17. The second-order valence-electron chi connectivity index (χ2n) is 6.08. The summed E-state index contributed by atoms with van der Waals surface area (Å²) in [6, 6.07) is 0. The number of nitrogens with zero attached hydrogens (tertiary/aromatic N) is 1. The van der Waals surface area contributed by atoms with Gasteiger partial charge in [0, 0.05) is 32.7 Å². The van der Waals surface area contributed by atoms with Crippen molar-refractivity contribution in [3.63, 3.8) is 0 Å². The van der Waals surface area contributed by atoms with E-state index in [1.807, 2.05) is 6.92 Å². The zero-order valence-corrected chi connectivity index (χ0v) is 13.1. The zero-order chi connectivity index (χ0) is 15.5. The van der Waals surface area contributed by atoms with E-state index in [0.717, 1.165) is 25.9 Å². The van der Waals surface area contributed by atoms with E-state index >= 15 is 0 Å². The Balaban J connectivity index is 1.75. The lowest BCUT2D eigenvalue weighted by Gasteiger charge is -2.40. The zero-order valence-electron chi connectivity index (χ0n) is 12.3. The number of hydrogen-bond acceptors (Lipinski definition) is 5. The first-order chi connectivity index (χ1) is 9.77. The van der Waals surface area contributed by atoms with Gasteiger partial charge in [0.1, 0.15) is 6.61 Å². The number of ether oxygens (including phenoxy) is 1. The number of rotatable bonds is 6. The molecule has 0 aliphatic carbocycles. The summed E-state index contributed by atoms with van der Waals surface area (Å²) >= 11 is 0. The highest BCUT2D eigenvalue weighted by Crippen LogP contribution is 2.18. The average molecular weight is 320 g/mol. The number of carbonyl (C=O) groups excluding carboxylic acids is 1. The third kappa shape index (κ3) is 5.19. The smallest absolute Gasteiger partial charge is 0.274 e. The molecule has 1 amide bonds. The van der Waals surface area contributed by atoms with Gasteiger partial charge in [-0.2, -0.15) is 8.42 Å². The molecule has 1 atom stereocenters. The molecule has 0 aromatic carbocycles. The van der Waals surface area contributed by atoms with Gasteiger partial charge in [0.25, 0.3) is 10.2 Å². The average Bonchev–Trinajstić information content (AvgIpc) is 2.40. The van der Waals surface area contributed by atoms with Crippen LogP contribution < -0.4 is 15.2 Å². The summed E-state index contributed by atoms with van der Waals surface area (Å²) in [4.78, 5) is 13.9. The maximum Gasteiger partial charge on any atom is 0.274 e. The van der Waals surface area contributed by atoms with Crippen LogP contribution in [-0.4, -0.2) is 64.2 Å². The maximum absolute atomic E-state index is 12.1. The highest BCUT2D eigenvalue weighted by molar-refractivity contribution is 7.87. The van der Waals surface area contributed by atoms with Crippen molar-refractivity contribution in [3.8, 4) is 0 Å². The molecule has 0 aromatic heterocycles. The lowest BCUT2D eigenvalue weighted by molar-refractivity contribution is -0.147.